The van der Waals surface area contributed by atoms with Gasteiger partial charge in [-0.3, -0.25) is 4.79 Å². The molecule has 2 aliphatic heterocycles. The third kappa shape index (κ3) is 2.10. The summed E-state index contributed by atoms with van der Waals surface area (Å²) in [7, 11) is 2.58. The predicted octanol–water partition coefficient (Wildman–Crippen LogP) is 0.674. The van der Waals surface area contributed by atoms with Crippen LogP contribution in [-0.4, -0.2) is 32.7 Å². The van der Waals surface area contributed by atoms with Crippen molar-refractivity contribution in [2.45, 2.75) is 5.41 Å². The zero-order valence-corrected chi connectivity index (χ0v) is 13.6. The minimum atomic E-state index is -1.74. The van der Waals surface area contributed by atoms with Crippen LogP contribution < -0.4 is 11.1 Å². The molecular weight excluding hydrogens is 326 g/mol. The number of fused-ring (bicyclic) bond motifs is 2. The van der Waals surface area contributed by atoms with Gasteiger partial charge in [0.15, 0.2) is 5.41 Å². The molecule has 1 aromatic carbocycles. The molecule has 3 N–H and O–H groups in total. The Morgan fingerprint density at radius 1 is 1.40 bits per heavy atom. The van der Waals surface area contributed by atoms with E-state index in [1.54, 1.807) is 24.3 Å². The second kappa shape index (κ2) is 5.96. The van der Waals surface area contributed by atoms with Crippen LogP contribution in [0, 0.1) is 11.3 Å². The number of anilines is 1. The fourth-order valence-corrected chi connectivity index (χ4v) is 3.24. The van der Waals surface area contributed by atoms with E-state index in [1.165, 1.54) is 7.11 Å². The van der Waals surface area contributed by atoms with Gasteiger partial charge in [0.2, 0.25) is 11.8 Å². The number of rotatable bonds is 3. The second-order valence-corrected chi connectivity index (χ2v) is 5.43. The Morgan fingerprint density at radius 3 is 2.76 bits per heavy atom. The van der Waals surface area contributed by atoms with Crippen LogP contribution in [0.3, 0.4) is 0 Å². The van der Waals surface area contributed by atoms with Crippen LogP contribution in [0.15, 0.2) is 47.1 Å². The van der Waals surface area contributed by atoms with Gasteiger partial charge in [0.1, 0.15) is 24.0 Å². The topological polar surface area (TPSA) is 124 Å². The van der Waals surface area contributed by atoms with Crippen LogP contribution in [0.25, 0.3) is 0 Å². The summed E-state index contributed by atoms with van der Waals surface area (Å²) in [5.41, 5.74) is 4.82. The Morgan fingerprint density at radius 2 is 2.12 bits per heavy atom. The second-order valence-electron chi connectivity index (χ2n) is 5.43. The Hall–Kier alpha value is -3.31. The largest absolute Gasteiger partial charge is 0.465 e. The number of nitrogens with zero attached hydrogens (tertiary/aromatic N) is 1. The van der Waals surface area contributed by atoms with Crippen LogP contribution in [0.2, 0.25) is 0 Å². The van der Waals surface area contributed by atoms with Crippen molar-refractivity contribution in [2.24, 2.45) is 5.73 Å². The quantitative estimate of drug-likeness (QED) is 0.775. The lowest BCUT2D eigenvalue weighted by Crippen LogP contribution is -2.46. The standard InChI is InChI=1S/C17H15N3O5/c1-23-8-12-10(7-18)17(13(14(19)25-12)15(21)24-2)9-5-3-4-6-11(9)20-16(17)22/h3-6H,8,19H2,1-2H3,(H,20,22)/t17-/m0/s1. The van der Waals surface area contributed by atoms with Crippen molar-refractivity contribution < 1.29 is 23.8 Å². The molecule has 8 heteroatoms. The Balaban J connectivity index is 2.41. The van der Waals surface area contributed by atoms with Crippen molar-refractivity contribution in [2.75, 3.05) is 26.1 Å². The van der Waals surface area contributed by atoms with E-state index in [-0.39, 0.29) is 29.4 Å². The molecule has 1 atom stereocenters. The highest BCUT2D eigenvalue weighted by Crippen LogP contribution is 2.51. The third-order valence-corrected chi connectivity index (χ3v) is 4.21. The van der Waals surface area contributed by atoms with Crippen molar-refractivity contribution in [1.29, 1.82) is 5.26 Å². The molecule has 0 bridgehead atoms. The summed E-state index contributed by atoms with van der Waals surface area (Å²) in [6.45, 7) is -0.0881. The van der Waals surface area contributed by atoms with Gasteiger partial charge < -0.3 is 25.3 Å². The predicted molar refractivity (Wildman–Crippen MR) is 85.6 cm³/mol. The molecule has 0 radical (unpaired) electrons. The first-order valence-electron chi connectivity index (χ1n) is 7.32. The summed E-state index contributed by atoms with van der Waals surface area (Å²) in [4.78, 5) is 25.4. The molecule has 3 rings (SSSR count). The van der Waals surface area contributed by atoms with Crippen LogP contribution >= 0.6 is 0 Å². The summed E-state index contributed by atoms with van der Waals surface area (Å²) in [5.74, 6) is -1.66. The summed E-state index contributed by atoms with van der Waals surface area (Å²) in [5, 5.41) is 12.5. The van der Waals surface area contributed by atoms with Crippen molar-refractivity contribution in [3.63, 3.8) is 0 Å². The third-order valence-electron chi connectivity index (χ3n) is 4.21. The highest BCUT2D eigenvalue weighted by Gasteiger charge is 2.60. The van der Waals surface area contributed by atoms with Crippen molar-refractivity contribution >= 4 is 17.6 Å². The van der Waals surface area contributed by atoms with Crippen LogP contribution in [0.1, 0.15) is 5.56 Å². The van der Waals surface area contributed by atoms with Crippen LogP contribution in [0.4, 0.5) is 5.69 Å². The van der Waals surface area contributed by atoms with E-state index in [0.717, 1.165) is 7.11 Å². The zero-order valence-electron chi connectivity index (χ0n) is 13.6. The first-order valence-corrected chi connectivity index (χ1v) is 7.32. The number of hydrogen-bond acceptors (Lipinski definition) is 7. The Bertz CT molecular complexity index is 881. The Labute approximate surface area is 143 Å². The molecule has 0 saturated heterocycles. The van der Waals surface area contributed by atoms with E-state index in [4.69, 9.17) is 19.9 Å². The first-order chi connectivity index (χ1) is 12.0. The number of ether oxygens (including phenoxy) is 3. The molecule has 0 saturated carbocycles. The first kappa shape index (κ1) is 16.5. The average Bonchev–Trinajstić information content (AvgIpc) is 2.88. The minimum Gasteiger partial charge on any atom is -0.465 e. The molecule has 2 heterocycles. The van der Waals surface area contributed by atoms with Gasteiger partial charge in [-0.05, 0) is 6.07 Å². The Kier molecular flexibility index (Phi) is 3.94. The SMILES string of the molecule is COCC1=C(C#N)[C@]2(C(=O)Nc3ccccc32)C(C(=O)OC)=C(N)O1. The molecule has 1 spiro atoms. The van der Waals surface area contributed by atoms with Gasteiger partial charge in [-0.2, -0.15) is 5.26 Å². The fourth-order valence-electron chi connectivity index (χ4n) is 3.24. The molecule has 0 fully saturated rings. The highest BCUT2D eigenvalue weighted by atomic mass is 16.5. The lowest BCUT2D eigenvalue weighted by atomic mass is 9.68. The molecule has 2 aliphatic rings. The fraction of sp³-hybridized carbons (Fsp3) is 0.235. The maximum atomic E-state index is 13.0. The molecule has 0 unspecified atom stereocenters. The lowest BCUT2D eigenvalue weighted by Gasteiger charge is -2.34. The van der Waals surface area contributed by atoms with E-state index >= 15 is 0 Å². The number of esters is 1. The number of para-hydroxylation sites is 1. The molecule has 1 aromatic rings. The van der Waals surface area contributed by atoms with Crippen LogP contribution in [-0.2, 0) is 29.2 Å². The van der Waals surface area contributed by atoms with E-state index in [2.05, 4.69) is 5.32 Å². The maximum Gasteiger partial charge on any atom is 0.341 e. The number of carbonyl (C=O) groups is 2. The normalized spacial score (nSPS) is 21.6. The molecule has 8 nitrogen and oxygen atoms in total. The number of nitriles is 1. The van der Waals surface area contributed by atoms with Crippen molar-refractivity contribution in [3.05, 3.63) is 52.6 Å². The van der Waals surface area contributed by atoms with Crippen LogP contribution in [0.5, 0.6) is 0 Å². The van der Waals surface area contributed by atoms with Gasteiger partial charge in [-0.25, -0.2) is 4.79 Å². The van der Waals surface area contributed by atoms with E-state index in [1.807, 2.05) is 6.07 Å². The number of carbonyl (C=O) groups excluding carboxylic acids is 2. The zero-order chi connectivity index (χ0) is 18.2. The summed E-state index contributed by atoms with van der Waals surface area (Å²) >= 11 is 0. The van der Waals surface area contributed by atoms with Crippen molar-refractivity contribution in [1.82, 2.24) is 0 Å². The molecule has 1 amide bonds. The van der Waals surface area contributed by atoms with Crippen molar-refractivity contribution in [3.8, 4) is 6.07 Å². The molecule has 0 aromatic heterocycles. The lowest BCUT2D eigenvalue weighted by molar-refractivity contribution is -0.138. The molecule has 128 valence electrons. The van der Waals surface area contributed by atoms with Gasteiger partial charge in [-0.1, -0.05) is 18.2 Å². The number of hydrogen-bond donors (Lipinski definition) is 2. The van der Waals surface area contributed by atoms with Gasteiger partial charge >= 0.3 is 5.97 Å². The maximum absolute atomic E-state index is 13.0. The van der Waals surface area contributed by atoms with E-state index < -0.39 is 17.3 Å². The number of benzene rings is 1. The number of methoxy groups -OCH3 is 2. The van der Waals surface area contributed by atoms with Gasteiger partial charge in [0.25, 0.3) is 0 Å². The summed E-state index contributed by atoms with van der Waals surface area (Å²) < 4.78 is 15.3. The molecule has 0 aliphatic carbocycles. The smallest absolute Gasteiger partial charge is 0.341 e. The minimum absolute atomic E-state index is 0.0635. The monoisotopic (exact) mass is 341 g/mol. The molecule has 25 heavy (non-hydrogen) atoms. The van der Waals surface area contributed by atoms with E-state index in [9.17, 15) is 14.9 Å². The number of nitrogens with one attached hydrogen (secondary N) is 1. The number of nitrogens with two attached hydrogens (primary N) is 1. The average molecular weight is 341 g/mol. The number of amides is 1. The van der Waals surface area contributed by atoms with Gasteiger partial charge in [0, 0.05) is 18.4 Å². The van der Waals surface area contributed by atoms with Gasteiger partial charge in [-0.15, -0.1) is 0 Å². The molecular formula is C17H15N3O5. The van der Waals surface area contributed by atoms with E-state index in [0.29, 0.717) is 11.3 Å². The van der Waals surface area contributed by atoms with Gasteiger partial charge in [0.05, 0.1) is 12.7 Å². The highest BCUT2D eigenvalue weighted by molar-refractivity contribution is 6.17. The summed E-state index contributed by atoms with van der Waals surface area (Å²) in [6, 6.07) is 8.74. The summed E-state index contributed by atoms with van der Waals surface area (Å²) in [6.07, 6.45) is 0.